The van der Waals surface area contributed by atoms with Gasteiger partial charge in [0.25, 0.3) is 0 Å². The number of alkyl halides is 2. The SMILES string of the molecule is [C-]#[N+]N=S(=O)(CF)c1ccc(Oc2cc(F)cc([N+]#[C-])c2)c2c1[C@H](O)[C@H](F)C2. The Kier molecular flexibility index (Phi) is 5.27. The monoisotopic (exact) mass is 407 g/mol. The summed E-state index contributed by atoms with van der Waals surface area (Å²) in [6.07, 6.45) is -3.78. The molecule has 0 saturated heterocycles. The maximum absolute atomic E-state index is 14.2. The Morgan fingerprint density at radius 2 is 2.07 bits per heavy atom. The highest BCUT2D eigenvalue weighted by atomic mass is 32.2. The van der Waals surface area contributed by atoms with Crippen LogP contribution in [0.5, 0.6) is 11.5 Å². The zero-order valence-electron chi connectivity index (χ0n) is 14.1. The first-order chi connectivity index (χ1) is 13.3. The summed E-state index contributed by atoms with van der Waals surface area (Å²) in [5, 5.41) is 10.2. The molecule has 1 aliphatic carbocycles. The van der Waals surface area contributed by atoms with Gasteiger partial charge in [0.15, 0.2) is 25.9 Å². The Hall–Kier alpha value is -3.08. The van der Waals surface area contributed by atoms with Crippen molar-refractivity contribution in [1.29, 1.82) is 0 Å². The van der Waals surface area contributed by atoms with Crippen LogP contribution in [0.15, 0.2) is 39.7 Å². The van der Waals surface area contributed by atoms with Gasteiger partial charge in [-0.2, -0.15) is 6.57 Å². The standard InChI is InChI=1S/C18H12F3N3O3S/c1-22-11-5-10(20)6-12(7-11)27-15-3-4-16(28(26,9-19)24-23-2)17-13(15)8-14(21)18(17)25/h3-7,14,18,25H,8-9H2/t14-,18-,28?/m1/s1. The summed E-state index contributed by atoms with van der Waals surface area (Å²) in [4.78, 5) is 5.47. The van der Waals surface area contributed by atoms with Crippen molar-refractivity contribution in [3.63, 3.8) is 0 Å². The molecule has 0 fully saturated rings. The summed E-state index contributed by atoms with van der Waals surface area (Å²) in [6.45, 7) is 13.7. The van der Waals surface area contributed by atoms with Crippen LogP contribution < -0.4 is 4.74 Å². The average Bonchev–Trinajstić information content (AvgIpc) is 2.97. The average molecular weight is 407 g/mol. The van der Waals surface area contributed by atoms with Crippen LogP contribution in [0, 0.1) is 19.0 Å². The molecule has 0 aromatic heterocycles. The fourth-order valence-corrected chi connectivity index (χ4v) is 4.26. The number of hydrogen-bond acceptors (Lipinski definition) is 4. The lowest BCUT2D eigenvalue weighted by Gasteiger charge is -2.15. The van der Waals surface area contributed by atoms with Crippen LogP contribution in [0.4, 0.5) is 18.9 Å². The zero-order chi connectivity index (χ0) is 20.5. The normalized spacial score (nSPS) is 19.8. The molecular formula is C18H12F3N3O3S. The lowest BCUT2D eigenvalue weighted by molar-refractivity contribution is 0.0907. The molecule has 6 nitrogen and oxygen atoms in total. The van der Waals surface area contributed by atoms with Crippen molar-refractivity contribution in [3.8, 4) is 11.5 Å². The van der Waals surface area contributed by atoms with Gasteiger partial charge in [-0.15, -0.1) is 4.95 Å². The molecule has 2 aromatic carbocycles. The third kappa shape index (κ3) is 3.40. The van der Waals surface area contributed by atoms with Crippen LogP contribution in [0.2, 0.25) is 0 Å². The van der Waals surface area contributed by atoms with Crippen LogP contribution in [0.25, 0.3) is 9.80 Å². The predicted octanol–water partition coefficient (Wildman–Crippen LogP) is 4.68. The van der Waals surface area contributed by atoms with Gasteiger partial charge in [0.05, 0.1) is 11.5 Å². The van der Waals surface area contributed by atoms with E-state index in [9.17, 15) is 22.5 Å². The quantitative estimate of drug-likeness (QED) is 0.591. The third-order valence-electron chi connectivity index (χ3n) is 4.19. The number of ether oxygens (including phenoxy) is 1. The van der Waals surface area contributed by atoms with E-state index in [1.54, 1.807) is 0 Å². The van der Waals surface area contributed by atoms with E-state index in [4.69, 9.17) is 17.9 Å². The molecule has 0 amide bonds. The minimum Gasteiger partial charge on any atom is -0.458 e. The Bertz CT molecular complexity index is 1150. The van der Waals surface area contributed by atoms with Gasteiger partial charge in [-0.05, 0) is 24.3 Å². The molecular weight excluding hydrogens is 395 g/mol. The molecule has 2 aromatic rings. The van der Waals surface area contributed by atoms with Gasteiger partial charge >= 0.3 is 0 Å². The number of aliphatic hydroxyl groups excluding tert-OH is 1. The molecule has 0 bridgehead atoms. The van der Waals surface area contributed by atoms with Crippen molar-refractivity contribution in [2.24, 2.45) is 4.47 Å². The van der Waals surface area contributed by atoms with Gasteiger partial charge in [0.2, 0.25) is 0 Å². The molecule has 0 saturated carbocycles. The smallest absolute Gasteiger partial charge is 0.193 e. The first kappa shape index (κ1) is 19.7. The second-order valence-electron chi connectivity index (χ2n) is 5.91. The Labute approximate surface area is 159 Å². The highest BCUT2D eigenvalue weighted by Gasteiger charge is 2.38. The summed E-state index contributed by atoms with van der Waals surface area (Å²) in [5.41, 5.74) is -0.0442. The Morgan fingerprint density at radius 1 is 1.32 bits per heavy atom. The van der Waals surface area contributed by atoms with Crippen molar-refractivity contribution in [3.05, 3.63) is 70.2 Å². The van der Waals surface area contributed by atoms with Crippen molar-refractivity contribution in [2.75, 3.05) is 6.01 Å². The third-order valence-corrected chi connectivity index (χ3v) is 5.87. The first-order valence-corrected chi connectivity index (χ1v) is 9.51. The van der Waals surface area contributed by atoms with Gasteiger partial charge in [-0.25, -0.2) is 22.2 Å². The summed E-state index contributed by atoms with van der Waals surface area (Å²) in [5.74, 6) is -0.714. The van der Waals surface area contributed by atoms with E-state index in [1.165, 1.54) is 12.1 Å². The van der Waals surface area contributed by atoms with Gasteiger partial charge in [0.1, 0.15) is 29.6 Å². The van der Waals surface area contributed by atoms with E-state index in [1.807, 2.05) is 0 Å². The Balaban J connectivity index is 2.16. The lowest BCUT2D eigenvalue weighted by Crippen LogP contribution is -2.11. The molecule has 1 aliphatic rings. The summed E-state index contributed by atoms with van der Waals surface area (Å²) in [7, 11) is -3.82. The van der Waals surface area contributed by atoms with Crippen molar-refractivity contribution in [1.82, 2.24) is 0 Å². The number of fused-ring (bicyclic) bond motifs is 1. The van der Waals surface area contributed by atoms with E-state index in [0.717, 1.165) is 18.2 Å². The maximum Gasteiger partial charge on any atom is 0.193 e. The number of rotatable bonds is 4. The minimum atomic E-state index is -3.82. The van der Waals surface area contributed by atoms with Gasteiger partial charge in [0, 0.05) is 23.6 Å². The van der Waals surface area contributed by atoms with Crippen LogP contribution in [0.3, 0.4) is 0 Å². The summed E-state index contributed by atoms with van der Waals surface area (Å²) in [6, 6.07) is 4.22. The Morgan fingerprint density at radius 3 is 2.71 bits per heavy atom. The molecule has 1 unspecified atom stereocenters. The predicted molar refractivity (Wildman–Crippen MR) is 94.2 cm³/mol. The number of halogens is 3. The maximum atomic E-state index is 14.2. The van der Waals surface area contributed by atoms with E-state index < -0.39 is 33.8 Å². The molecule has 0 radical (unpaired) electrons. The van der Waals surface area contributed by atoms with Gasteiger partial charge in [-0.1, -0.05) is 0 Å². The van der Waals surface area contributed by atoms with E-state index in [0.29, 0.717) is 0 Å². The largest absolute Gasteiger partial charge is 0.458 e. The lowest BCUT2D eigenvalue weighted by atomic mass is 10.1. The molecule has 0 heterocycles. The molecule has 3 rings (SSSR count). The number of benzene rings is 2. The van der Waals surface area contributed by atoms with Crippen LogP contribution in [-0.4, -0.2) is 21.5 Å². The molecule has 3 atom stereocenters. The fraction of sp³-hybridized carbons (Fsp3) is 0.222. The highest BCUT2D eigenvalue weighted by Crippen LogP contribution is 2.44. The van der Waals surface area contributed by atoms with Crippen molar-refractivity contribution >= 4 is 15.4 Å². The molecule has 1 N–H and O–H groups in total. The summed E-state index contributed by atoms with van der Waals surface area (Å²) < 4.78 is 62.5. The second kappa shape index (κ2) is 7.50. The number of aliphatic hydroxyl groups is 1. The van der Waals surface area contributed by atoms with Crippen LogP contribution >= 0.6 is 0 Å². The van der Waals surface area contributed by atoms with Gasteiger partial charge in [-0.3, -0.25) is 0 Å². The van der Waals surface area contributed by atoms with E-state index >= 15 is 0 Å². The molecule has 10 heteroatoms. The topological polar surface area (TPSA) is 67.6 Å². The number of nitrogens with zero attached hydrogens (tertiary/aromatic N) is 3. The van der Waals surface area contributed by atoms with E-state index in [2.05, 4.69) is 14.3 Å². The van der Waals surface area contributed by atoms with Crippen molar-refractivity contribution < 1.29 is 27.2 Å². The minimum absolute atomic E-state index is 0.0111. The fourth-order valence-electron chi connectivity index (χ4n) is 3.01. The second-order valence-corrected chi connectivity index (χ2v) is 8.01. The van der Waals surface area contributed by atoms with Crippen LogP contribution in [-0.2, 0) is 16.1 Å². The van der Waals surface area contributed by atoms with E-state index in [-0.39, 0.29) is 39.6 Å². The zero-order valence-corrected chi connectivity index (χ0v) is 14.9. The summed E-state index contributed by atoms with van der Waals surface area (Å²) >= 11 is 0. The first-order valence-electron chi connectivity index (χ1n) is 7.83. The number of hydrogen-bond donors (Lipinski definition) is 1. The van der Waals surface area contributed by atoms with Gasteiger partial charge < -0.3 is 9.84 Å². The highest BCUT2D eigenvalue weighted by molar-refractivity contribution is 7.93. The molecule has 0 spiro atoms. The molecule has 144 valence electrons. The molecule has 0 aliphatic heterocycles. The molecule has 28 heavy (non-hydrogen) atoms. The van der Waals surface area contributed by atoms with Crippen molar-refractivity contribution in [2.45, 2.75) is 23.6 Å². The van der Waals surface area contributed by atoms with Crippen LogP contribution in [0.1, 0.15) is 17.2 Å².